The minimum Gasteiger partial charge on any atom is -0.379 e. The lowest BCUT2D eigenvalue weighted by Gasteiger charge is -2.25. The molecule has 0 radical (unpaired) electrons. The van der Waals surface area contributed by atoms with Gasteiger partial charge < -0.3 is 25.2 Å². The smallest absolute Gasteiger partial charge is 0.248 e. The fourth-order valence-electron chi connectivity index (χ4n) is 3.01. The van der Waals surface area contributed by atoms with Crippen LogP contribution in [-0.4, -0.2) is 60.8 Å². The molecule has 9 nitrogen and oxygen atoms in total. The van der Waals surface area contributed by atoms with E-state index in [1.54, 1.807) is 13.0 Å². The molecule has 0 unspecified atom stereocenters. The zero-order chi connectivity index (χ0) is 20.6. The zero-order valence-corrected chi connectivity index (χ0v) is 16.7. The fourth-order valence-corrected chi connectivity index (χ4v) is 3.01. The molecular formula is C20H27N5O4. The number of aryl methyl sites for hydroxylation is 1. The van der Waals surface area contributed by atoms with Gasteiger partial charge in [0.05, 0.1) is 19.8 Å². The molecule has 0 aliphatic carbocycles. The average Bonchev–Trinajstić information content (AvgIpc) is 3.12. The van der Waals surface area contributed by atoms with E-state index in [0.29, 0.717) is 43.4 Å². The van der Waals surface area contributed by atoms with E-state index in [0.717, 1.165) is 18.8 Å². The van der Waals surface area contributed by atoms with Gasteiger partial charge in [-0.1, -0.05) is 12.1 Å². The highest BCUT2D eigenvalue weighted by Gasteiger charge is 2.18. The number of nitrogens with one attached hydrogen (secondary N) is 3. The number of rotatable bonds is 8. The molecule has 1 aromatic carbocycles. The van der Waals surface area contributed by atoms with Crippen molar-refractivity contribution in [1.82, 2.24) is 10.1 Å². The molecule has 1 aliphatic heterocycles. The molecule has 1 atom stereocenters. The van der Waals surface area contributed by atoms with E-state index in [2.05, 4.69) is 26.0 Å². The third kappa shape index (κ3) is 6.30. The van der Waals surface area contributed by atoms with Gasteiger partial charge in [0.25, 0.3) is 0 Å². The second-order valence-electron chi connectivity index (χ2n) is 6.93. The number of benzene rings is 1. The van der Waals surface area contributed by atoms with Gasteiger partial charge in [0.15, 0.2) is 5.82 Å². The van der Waals surface area contributed by atoms with Crippen LogP contribution in [0.4, 0.5) is 17.2 Å². The van der Waals surface area contributed by atoms with Crippen molar-refractivity contribution in [3.8, 4) is 0 Å². The predicted octanol–water partition coefficient (Wildman–Crippen LogP) is 2.08. The van der Waals surface area contributed by atoms with E-state index >= 15 is 0 Å². The maximum Gasteiger partial charge on any atom is 0.248 e. The number of hydrogen-bond donors (Lipinski definition) is 3. The average molecular weight is 401 g/mol. The van der Waals surface area contributed by atoms with E-state index in [1.807, 2.05) is 31.2 Å². The molecule has 2 aromatic rings. The van der Waals surface area contributed by atoms with Crippen LogP contribution in [0.1, 0.15) is 19.1 Å². The summed E-state index contributed by atoms with van der Waals surface area (Å²) < 4.78 is 10.2. The molecular weight excluding hydrogens is 374 g/mol. The predicted molar refractivity (Wildman–Crippen MR) is 110 cm³/mol. The number of nitrogens with zero attached hydrogens (tertiary/aromatic N) is 2. The quantitative estimate of drug-likeness (QED) is 0.621. The summed E-state index contributed by atoms with van der Waals surface area (Å²) in [6, 6.07) is 8.53. The van der Waals surface area contributed by atoms with Crippen molar-refractivity contribution in [3.05, 3.63) is 36.1 Å². The van der Waals surface area contributed by atoms with Crippen molar-refractivity contribution in [2.45, 2.75) is 26.3 Å². The molecule has 0 saturated carbocycles. The lowest BCUT2D eigenvalue weighted by Crippen LogP contribution is -2.41. The maximum atomic E-state index is 12.4. The van der Waals surface area contributed by atoms with E-state index in [9.17, 15) is 9.59 Å². The molecule has 0 spiro atoms. The van der Waals surface area contributed by atoms with Crippen molar-refractivity contribution < 1.29 is 18.8 Å². The Morgan fingerprint density at radius 2 is 1.83 bits per heavy atom. The van der Waals surface area contributed by atoms with Gasteiger partial charge in [-0.05, 0) is 37.6 Å². The van der Waals surface area contributed by atoms with Crippen LogP contribution in [0.15, 0.2) is 34.9 Å². The number of anilines is 3. The Morgan fingerprint density at radius 3 is 2.45 bits per heavy atom. The largest absolute Gasteiger partial charge is 0.379 e. The van der Waals surface area contributed by atoms with Gasteiger partial charge >= 0.3 is 0 Å². The van der Waals surface area contributed by atoms with Crippen molar-refractivity contribution >= 4 is 29.0 Å². The van der Waals surface area contributed by atoms with Crippen LogP contribution in [0.3, 0.4) is 0 Å². The molecule has 0 bridgehead atoms. The van der Waals surface area contributed by atoms with Crippen LogP contribution >= 0.6 is 0 Å². The van der Waals surface area contributed by atoms with Crippen molar-refractivity contribution in [1.29, 1.82) is 0 Å². The molecule has 1 aromatic heterocycles. The molecule has 9 heteroatoms. The van der Waals surface area contributed by atoms with Crippen LogP contribution in [0.2, 0.25) is 0 Å². The topological polar surface area (TPSA) is 109 Å². The standard InChI is InChI=1S/C20H27N5O4/c1-3-17(20(27)23-18-12-14(2)29-24-18)21-15-4-6-16(7-5-15)22-19(26)13-25-8-10-28-11-9-25/h4-7,12,17,21H,3,8-11,13H2,1-2H3,(H,22,26)(H,23,24,27)/t17-/m1/s1. The Balaban J connectivity index is 1.50. The van der Waals surface area contributed by atoms with Gasteiger partial charge in [0.2, 0.25) is 11.8 Å². The van der Waals surface area contributed by atoms with Crippen molar-refractivity contribution in [2.75, 3.05) is 48.8 Å². The van der Waals surface area contributed by atoms with Crippen molar-refractivity contribution in [3.63, 3.8) is 0 Å². The van der Waals surface area contributed by atoms with E-state index < -0.39 is 6.04 Å². The van der Waals surface area contributed by atoms with Gasteiger partial charge in [-0.2, -0.15) is 0 Å². The first-order valence-electron chi connectivity index (χ1n) is 9.74. The maximum absolute atomic E-state index is 12.4. The highest BCUT2D eigenvalue weighted by molar-refractivity contribution is 5.96. The molecule has 1 saturated heterocycles. The summed E-state index contributed by atoms with van der Waals surface area (Å²) in [5.41, 5.74) is 1.50. The minimum atomic E-state index is -0.422. The second kappa shape index (κ2) is 10.0. The van der Waals surface area contributed by atoms with E-state index in [4.69, 9.17) is 9.26 Å². The highest BCUT2D eigenvalue weighted by Crippen LogP contribution is 2.16. The second-order valence-corrected chi connectivity index (χ2v) is 6.93. The third-order valence-corrected chi connectivity index (χ3v) is 4.58. The Bertz CT molecular complexity index is 815. The SMILES string of the molecule is CC[C@@H](Nc1ccc(NC(=O)CN2CCOCC2)cc1)C(=O)Nc1cc(C)on1. The van der Waals surface area contributed by atoms with Crippen LogP contribution in [-0.2, 0) is 14.3 Å². The number of amides is 2. The van der Waals surface area contributed by atoms with Gasteiger partial charge in [-0.25, -0.2) is 0 Å². The number of morpholine rings is 1. The fraction of sp³-hybridized carbons (Fsp3) is 0.450. The molecule has 29 heavy (non-hydrogen) atoms. The monoisotopic (exact) mass is 401 g/mol. The Labute approximate surface area is 169 Å². The molecule has 3 N–H and O–H groups in total. The number of carbonyl (C=O) groups is 2. The molecule has 3 rings (SSSR count). The van der Waals surface area contributed by atoms with Gasteiger partial charge in [0.1, 0.15) is 11.8 Å². The molecule has 1 aliphatic rings. The van der Waals surface area contributed by atoms with Gasteiger partial charge in [0, 0.05) is 30.5 Å². The third-order valence-electron chi connectivity index (χ3n) is 4.58. The number of ether oxygens (including phenoxy) is 1. The molecule has 1 fully saturated rings. The first-order chi connectivity index (χ1) is 14.0. The van der Waals surface area contributed by atoms with Crippen LogP contribution < -0.4 is 16.0 Å². The molecule has 156 valence electrons. The lowest BCUT2D eigenvalue weighted by atomic mass is 10.2. The zero-order valence-electron chi connectivity index (χ0n) is 16.7. The Kier molecular flexibility index (Phi) is 7.20. The molecule has 2 amide bonds. The van der Waals surface area contributed by atoms with Gasteiger partial charge in [-0.15, -0.1) is 0 Å². The summed E-state index contributed by atoms with van der Waals surface area (Å²) in [7, 11) is 0. The van der Waals surface area contributed by atoms with E-state index in [1.165, 1.54) is 0 Å². The minimum absolute atomic E-state index is 0.0543. The first kappa shape index (κ1) is 20.8. The summed E-state index contributed by atoms with van der Waals surface area (Å²) in [5.74, 6) is 0.781. The van der Waals surface area contributed by atoms with Crippen molar-refractivity contribution in [2.24, 2.45) is 0 Å². The number of hydrogen-bond acceptors (Lipinski definition) is 7. The van der Waals surface area contributed by atoms with E-state index in [-0.39, 0.29) is 11.8 Å². The summed E-state index contributed by atoms with van der Waals surface area (Å²) in [5, 5.41) is 12.6. The Morgan fingerprint density at radius 1 is 1.14 bits per heavy atom. The normalized spacial score (nSPS) is 15.5. The summed E-state index contributed by atoms with van der Waals surface area (Å²) in [4.78, 5) is 26.7. The van der Waals surface area contributed by atoms with Gasteiger partial charge in [-0.3, -0.25) is 14.5 Å². The summed E-state index contributed by atoms with van der Waals surface area (Å²) in [6.45, 7) is 6.90. The number of carbonyl (C=O) groups excluding carboxylic acids is 2. The summed E-state index contributed by atoms with van der Waals surface area (Å²) >= 11 is 0. The lowest BCUT2D eigenvalue weighted by molar-refractivity contribution is -0.118. The summed E-state index contributed by atoms with van der Waals surface area (Å²) in [6.07, 6.45) is 0.598. The number of aromatic nitrogens is 1. The van der Waals surface area contributed by atoms with Crippen LogP contribution in [0, 0.1) is 6.92 Å². The highest BCUT2D eigenvalue weighted by atomic mass is 16.5. The Hall–Kier alpha value is -2.91. The van der Waals surface area contributed by atoms with Crippen LogP contribution in [0.25, 0.3) is 0 Å². The first-order valence-corrected chi connectivity index (χ1v) is 9.74. The molecule has 2 heterocycles. The van der Waals surface area contributed by atoms with Crippen LogP contribution in [0.5, 0.6) is 0 Å².